The van der Waals surface area contributed by atoms with E-state index in [1.54, 1.807) is 30.3 Å². The Morgan fingerprint density at radius 1 is 0.879 bits per heavy atom. The van der Waals surface area contributed by atoms with Gasteiger partial charge in [0.25, 0.3) is 0 Å². The molecule has 1 fully saturated rings. The summed E-state index contributed by atoms with van der Waals surface area (Å²) in [6, 6.07) is 10.9. The van der Waals surface area contributed by atoms with Crippen molar-refractivity contribution >= 4 is 6.08 Å². The summed E-state index contributed by atoms with van der Waals surface area (Å²) >= 11 is 0. The fourth-order valence-corrected chi connectivity index (χ4v) is 5.14. The number of hydrogen-bond acceptors (Lipinski definition) is 0. The first-order valence-corrected chi connectivity index (χ1v) is 12.3. The quantitative estimate of drug-likeness (QED) is 0.411. The van der Waals surface area contributed by atoms with Gasteiger partial charge in [-0.15, -0.1) is 0 Å². The first kappa shape index (κ1) is 23.6. The van der Waals surface area contributed by atoms with Crippen LogP contribution in [0.2, 0.25) is 0 Å². The smallest absolute Gasteiger partial charge is 0.166 e. The van der Waals surface area contributed by atoms with Gasteiger partial charge in [0.1, 0.15) is 5.83 Å². The highest BCUT2D eigenvalue weighted by molar-refractivity contribution is 5.67. The summed E-state index contributed by atoms with van der Waals surface area (Å²) in [4.78, 5) is 0. The lowest BCUT2D eigenvalue weighted by molar-refractivity contribution is 0.303. The number of allylic oxidation sites excluding steroid dienone is 5. The number of halogens is 3. The SMILES string of the molecule is CCCC1CCC(c2ccc(-c3ccc(/C=C/C4=CCC(C)C(F)=C4)cc3)c(F)c2F)CC1. The summed E-state index contributed by atoms with van der Waals surface area (Å²) in [5.74, 6) is -0.748. The summed E-state index contributed by atoms with van der Waals surface area (Å²) in [7, 11) is 0. The van der Waals surface area contributed by atoms with E-state index >= 15 is 8.78 Å². The van der Waals surface area contributed by atoms with Crippen LogP contribution >= 0.6 is 0 Å². The third-order valence-corrected chi connectivity index (χ3v) is 7.27. The largest absolute Gasteiger partial charge is 0.212 e. The Labute approximate surface area is 195 Å². The maximum atomic E-state index is 15.0. The summed E-state index contributed by atoms with van der Waals surface area (Å²) in [5.41, 5.74) is 3.25. The molecule has 0 aromatic heterocycles. The number of benzene rings is 2. The molecule has 0 nitrogen and oxygen atoms in total. The van der Waals surface area contributed by atoms with Crippen molar-refractivity contribution in [2.45, 2.75) is 64.7 Å². The molecular weight excluding hydrogens is 417 g/mol. The molecule has 0 bridgehead atoms. The van der Waals surface area contributed by atoms with Gasteiger partial charge in [-0.2, -0.15) is 0 Å². The molecule has 2 aromatic carbocycles. The third kappa shape index (κ3) is 5.51. The van der Waals surface area contributed by atoms with Crippen molar-refractivity contribution in [3.05, 3.63) is 88.8 Å². The van der Waals surface area contributed by atoms with Crippen LogP contribution in [0.4, 0.5) is 13.2 Å². The molecule has 0 heterocycles. The van der Waals surface area contributed by atoms with E-state index in [1.165, 1.54) is 12.8 Å². The van der Waals surface area contributed by atoms with Crippen LogP contribution < -0.4 is 0 Å². The molecule has 3 heteroatoms. The second kappa shape index (κ2) is 10.6. The number of hydrogen-bond donors (Lipinski definition) is 0. The molecule has 2 aliphatic rings. The van der Waals surface area contributed by atoms with Gasteiger partial charge in [0.2, 0.25) is 0 Å². The Balaban J connectivity index is 1.46. The van der Waals surface area contributed by atoms with Crippen LogP contribution in [0.3, 0.4) is 0 Å². The van der Waals surface area contributed by atoms with Crippen molar-refractivity contribution in [3.8, 4) is 11.1 Å². The molecule has 0 N–H and O–H groups in total. The highest BCUT2D eigenvalue weighted by Crippen LogP contribution is 2.40. The molecule has 2 aliphatic carbocycles. The standard InChI is InChI=1S/C30H33F3/c1-3-4-21-9-13-24(14-10-21)26-17-18-27(30(33)29(26)32)25-15-11-22(12-16-25)7-8-23-6-5-20(2)28(31)19-23/h6-8,11-12,15-21,24H,3-5,9-10,13-14H2,1-2H3/b8-7+. The molecule has 1 atom stereocenters. The van der Waals surface area contributed by atoms with Gasteiger partial charge in [0.05, 0.1) is 0 Å². The summed E-state index contributed by atoms with van der Waals surface area (Å²) in [6.07, 6.45) is 14.6. The van der Waals surface area contributed by atoms with E-state index in [0.717, 1.165) is 42.7 Å². The van der Waals surface area contributed by atoms with Crippen LogP contribution in [0.25, 0.3) is 17.2 Å². The predicted octanol–water partition coefficient (Wildman–Crippen LogP) is 9.54. The summed E-state index contributed by atoms with van der Waals surface area (Å²) in [6.45, 7) is 4.07. The Morgan fingerprint density at radius 3 is 2.27 bits per heavy atom. The van der Waals surface area contributed by atoms with Gasteiger partial charge in [-0.05, 0) is 72.3 Å². The van der Waals surface area contributed by atoms with Crippen LogP contribution in [0.15, 0.2) is 66.0 Å². The molecule has 2 aromatic rings. The van der Waals surface area contributed by atoms with E-state index in [9.17, 15) is 4.39 Å². The van der Waals surface area contributed by atoms with E-state index < -0.39 is 11.6 Å². The second-order valence-electron chi connectivity index (χ2n) is 9.66. The maximum Gasteiger partial charge on any atom is 0.166 e. The van der Waals surface area contributed by atoms with Crippen molar-refractivity contribution in [2.75, 3.05) is 0 Å². The van der Waals surface area contributed by atoms with Crippen LogP contribution in [-0.4, -0.2) is 0 Å². The van der Waals surface area contributed by atoms with Crippen LogP contribution in [-0.2, 0) is 0 Å². The van der Waals surface area contributed by atoms with Crippen molar-refractivity contribution in [3.63, 3.8) is 0 Å². The third-order valence-electron chi connectivity index (χ3n) is 7.27. The van der Waals surface area contributed by atoms with Gasteiger partial charge in [0, 0.05) is 11.5 Å². The average Bonchev–Trinajstić information content (AvgIpc) is 2.83. The zero-order chi connectivity index (χ0) is 23.4. The normalized spacial score (nSPS) is 23.5. The van der Waals surface area contributed by atoms with Gasteiger partial charge in [-0.1, -0.05) is 81.3 Å². The predicted molar refractivity (Wildman–Crippen MR) is 131 cm³/mol. The van der Waals surface area contributed by atoms with Gasteiger partial charge >= 0.3 is 0 Å². The van der Waals surface area contributed by atoms with Crippen LogP contribution in [0.1, 0.15) is 75.8 Å². The van der Waals surface area contributed by atoms with Crippen LogP contribution in [0, 0.1) is 23.5 Å². The monoisotopic (exact) mass is 450 g/mol. The first-order chi connectivity index (χ1) is 16.0. The molecule has 33 heavy (non-hydrogen) atoms. The minimum absolute atomic E-state index is 0.0563. The number of rotatable bonds is 6. The Bertz CT molecular complexity index is 1050. The van der Waals surface area contributed by atoms with Gasteiger partial charge in [0.15, 0.2) is 11.6 Å². The minimum atomic E-state index is -0.756. The minimum Gasteiger partial charge on any atom is -0.212 e. The van der Waals surface area contributed by atoms with Crippen molar-refractivity contribution in [2.24, 2.45) is 11.8 Å². The van der Waals surface area contributed by atoms with Crippen molar-refractivity contribution < 1.29 is 13.2 Å². The van der Waals surface area contributed by atoms with E-state index in [2.05, 4.69) is 6.92 Å². The van der Waals surface area contributed by atoms with Gasteiger partial charge in [-0.3, -0.25) is 0 Å². The van der Waals surface area contributed by atoms with E-state index in [4.69, 9.17) is 0 Å². The zero-order valence-electron chi connectivity index (χ0n) is 19.6. The Kier molecular flexibility index (Phi) is 7.57. The summed E-state index contributed by atoms with van der Waals surface area (Å²) in [5, 5.41) is 0. The van der Waals surface area contributed by atoms with Crippen molar-refractivity contribution in [1.82, 2.24) is 0 Å². The zero-order valence-corrected chi connectivity index (χ0v) is 19.6. The fourth-order valence-electron chi connectivity index (χ4n) is 5.14. The molecule has 0 amide bonds. The molecule has 0 aliphatic heterocycles. The molecule has 1 unspecified atom stereocenters. The lowest BCUT2D eigenvalue weighted by atomic mass is 9.77. The molecule has 0 saturated heterocycles. The van der Waals surface area contributed by atoms with Crippen LogP contribution in [0.5, 0.6) is 0 Å². The van der Waals surface area contributed by atoms with Crippen molar-refractivity contribution in [1.29, 1.82) is 0 Å². The highest BCUT2D eigenvalue weighted by atomic mass is 19.2. The van der Waals surface area contributed by atoms with Gasteiger partial charge in [-0.25, -0.2) is 13.2 Å². The first-order valence-electron chi connectivity index (χ1n) is 12.3. The van der Waals surface area contributed by atoms with E-state index in [-0.39, 0.29) is 17.7 Å². The Hall–Kier alpha value is -2.55. The molecule has 0 radical (unpaired) electrons. The molecule has 1 saturated carbocycles. The highest BCUT2D eigenvalue weighted by Gasteiger charge is 2.26. The maximum absolute atomic E-state index is 15.0. The fraction of sp³-hybridized carbons (Fsp3) is 0.400. The summed E-state index contributed by atoms with van der Waals surface area (Å²) < 4.78 is 43.8. The Morgan fingerprint density at radius 2 is 1.61 bits per heavy atom. The second-order valence-corrected chi connectivity index (χ2v) is 9.66. The topological polar surface area (TPSA) is 0 Å². The van der Waals surface area contributed by atoms with Gasteiger partial charge < -0.3 is 0 Å². The lowest BCUT2D eigenvalue weighted by Crippen LogP contribution is -2.14. The molecule has 174 valence electrons. The molecule has 0 spiro atoms. The lowest BCUT2D eigenvalue weighted by Gasteiger charge is -2.29. The van der Waals surface area contributed by atoms with E-state index in [1.807, 2.05) is 37.3 Å². The van der Waals surface area contributed by atoms with E-state index in [0.29, 0.717) is 23.1 Å². The molecule has 4 rings (SSSR count). The average molecular weight is 451 g/mol. The molecular formula is C30H33F3.